The lowest BCUT2D eigenvalue weighted by Gasteiger charge is -2.18. The molecular formula is C12H15N3O. The molecule has 2 aromatic rings. The number of nitrogen functional groups attached to an aromatic ring is 1. The van der Waals surface area contributed by atoms with Gasteiger partial charge >= 0.3 is 0 Å². The number of hydrogen-bond acceptors (Lipinski definition) is 4. The van der Waals surface area contributed by atoms with Crippen molar-refractivity contribution in [2.75, 3.05) is 5.73 Å². The van der Waals surface area contributed by atoms with Crippen molar-refractivity contribution in [3.8, 4) is 11.4 Å². The normalized spacial score (nSPS) is 11.7. The zero-order chi connectivity index (χ0) is 11.8. The third-order valence-corrected chi connectivity index (χ3v) is 2.29. The van der Waals surface area contributed by atoms with Crippen LogP contribution in [0, 0.1) is 0 Å². The number of rotatable bonds is 1. The highest BCUT2D eigenvalue weighted by Gasteiger charge is 2.18. The zero-order valence-electron chi connectivity index (χ0n) is 9.69. The largest absolute Gasteiger partial charge is 0.472 e. The average Bonchev–Trinajstić information content (AvgIpc) is 2.68. The van der Waals surface area contributed by atoms with Crippen molar-refractivity contribution in [3.63, 3.8) is 0 Å². The highest BCUT2D eigenvalue weighted by atomic mass is 16.3. The Morgan fingerprint density at radius 1 is 1.25 bits per heavy atom. The molecular weight excluding hydrogens is 202 g/mol. The molecule has 0 atom stereocenters. The first-order valence-electron chi connectivity index (χ1n) is 5.14. The lowest BCUT2D eigenvalue weighted by atomic mass is 9.92. The zero-order valence-corrected chi connectivity index (χ0v) is 9.69. The van der Waals surface area contributed by atoms with Crippen molar-refractivity contribution in [1.29, 1.82) is 0 Å². The second-order valence-electron chi connectivity index (χ2n) is 4.76. The summed E-state index contributed by atoms with van der Waals surface area (Å²) in [6.45, 7) is 6.27. The highest BCUT2D eigenvalue weighted by molar-refractivity contribution is 5.55. The monoisotopic (exact) mass is 217 g/mol. The van der Waals surface area contributed by atoms with Crippen molar-refractivity contribution in [3.05, 3.63) is 30.4 Å². The molecule has 0 aromatic carbocycles. The van der Waals surface area contributed by atoms with Crippen molar-refractivity contribution in [2.45, 2.75) is 26.2 Å². The van der Waals surface area contributed by atoms with Gasteiger partial charge in [0.1, 0.15) is 12.1 Å². The molecule has 2 aromatic heterocycles. The van der Waals surface area contributed by atoms with Crippen molar-refractivity contribution in [1.82, 2.24) is 9.97 Å². The van der Waals surface area contributed by atoms with Gasteiger partial charge in [0.25, 0.3) is 0 Å². The molecule has 2 N–H and O–H groups in total. The number of hydrogen-bond donors (Lipinski definition) is 1. The van der Waals surface area contributed by atoms with E-state index < -0.39 is 0 Å². The molecule has 0 saturated heterocycles. The Kier molecular flexibility index (Phi) is 2.42. The first-order valence-corrected chi connectivity index (χ1v) is 5.14. The lowest BCUT2D eigenvalue weighted by Crippen LogP contribution is -2.15. The van der Waals surface area contributed by atoms with Crippen LogP contribution in [0.2, 0.25) is 0 Å². The van der Waals surface area contributed by atoms with E-state index in [0.29, 0.717) is 11.6 Å². The van der Waals surface area contributed by atoms with Gasteiger partial charge in [0.2, 0.25) is 0 Å². The van der Waals surface area contributed by atoms with Gasteiger partial charge in [-0.25, -0.2) is 9.97 Å². The van der Waals surface area contributed by atoms with E-state index in [-0.39, 0.29) is 5.41 Å². The van der Waals surface area contributed by atoms with E-state index in [9.17, 15) is 0 Å². The molecule has 2 heterocycles. The van der Waals surface area contributed by atoms with Gasteiger partial charge in [-0.05, 0) is 6.07 Å². The summed E-state index contributed by atoms with van der Waals surface area (Å²) in [5.74, 6) is 1.09. The minimum absolute atomic E-state index is 0.0461. The van der Waals surface area contributed by atoms with Crippen LogP contribution in [0.4, 0.5) is 5.82 Å². The molecule has 0 aliphatic rings. The molecule has 0 saturated carbocycles. The van der Waals surface area contributed by atoms with E-state index in [0.717, 1.165) is 11.3 Å². The van der Waals surface area contributed by atoms with Gasteiger partial charge in [-0.1, -0.05) is 20.8 Å². The predicted octanol–water partition coefficient (Wildman–Crippen LogP) is 2.62. The summed E-state index contributed by atoms with van der Waals surface area (Å²) in [4.78, 5) is 8.69. The van der Waals surface area contributed by atoms with Crippen molar-refractivity contribution >= 4 is 5.82 Å². The average molecular weight is 217 g/mol. The maximum Gasteiger partial charge on any atom is 0.165 e. The van der Waals surface area contributed by atoms with Gasteiger partial charge in [-0.3, -0.25) is 0 Å². The van der Waals surface area contributed by atoms with Crippen LogP contribution in [0.5, 0.6) is 0 Å². The second-order valence-corrected chi connectivity index (χ2v) is 4.76. The van der Waals surface area contributed by atoms with Gasteiger partial charge in [-0.2, -0.15) is 0 Å². The van der Waals surface area contributed by atoms with Gasteiger partial charge in [0.15, 0.2) is 5.82 Å². The van der Waals surface area contributed by atoms with Crippen LogP contribution >= 0.6 is 0 Å². The number of nitrogens with zero attached hydrogens (tertiary/aromatic N) is 2. The Morgan fingerprint density at radius 2 is 2.00 bits per heavy atom. The molecule has 0 radical (unpaired) electrons. The molecule has 84 valence electrons. The molecule has 0 fully saturated rings. The molecule has 2 rings (SSSR count). The molecule has 4 heteroatoms. The van der Waals surface area contributed by atoms with E-state index in [1.54, 1.807) is 12.5 Å². The highest BCUT2D eigenvalue weighted by Crippen LogP contribution is 2.24. The third-order valence-electron chi connectivity index (χ3n) is 2.29. The summed E-state index contributed by atoms with van der Waals surface area (Å²) in [6, 6.07) is 3.63. The fourth-order valence-electron chi connectivity index (χ4n) is 1.37. The van der Waals surface area contributed by atoms with Crippen LogP contribution in [-0.2, 0) is 5.41 Å². The van der Waals surface area contributed by atoms with Gasteiger partial charge in [0, 0.05) is 11.5 Å². The molecule has 16 heavy (non-hydrogen) atoms. The Hall–Kier alpha value is -1.84. The summed E-state index contributed by atoms with van der Waals surface area (Å²) in [5.41, 5.74) is 7.51. The first-order chi connectivity index (χ1) is 7.47. The minimum Gasteiger partial charge on any atom is -0.472 e. The van der Waals surface area contributed by atoms with Gasteiger partial charge < -0.3 is 10.2 Å². The topological polar surface area (TPSA) is 64.9 Å². The number of furan rings is 1. The number of aromatic nitrogens is 2. The summed E-state index contributed by atoms with van der Waals surface area (Å²) in [6.07, 6.45) is 3.21. The Bertz CT molecular complexity index is 483. The predicted molar refractivity (Wildman–Crippen MR) is 62.8 cm³/mol. The Morgan fingerprint density at radius 3 is 2.56 bits per heavy atom. The van der Waals surface area contributed by atoms with Crippen LogP contribution in [0.15, 0.2) is 29.1 Å². The number of anilines is 1. The fourth-order valence-corrected chi connectivity index (χ4v) is 1.37. The minimum atomic E-state index is -0.0461. The van der Waals surface area contributed by atoms with E-state index in [1.807, 2.05) is 12.1 Å². The quantitative estimate of drug-likeness (QED) is 0.797. The van der Waals surface area contributed by atoms with Gasteiger partial charge in [0.05, 0.1) is 17.5 Å². The fraction of sp³-hybridized carbons (Fsp3) is 0.333. The standard InChI is InChI=1S/C12H15N3O/c1-12(2,3)9-6-10(13)15-11(14-9)8-4-5-16-7-8/h4-7H,1-3H3,(H2,13,14,15). The third kappa shape index (κ3) is 2.05. The SMILES string of the molecule is CC(C)(C)c1cc(N)nc(-c2ccoc2)n1. The molecule has 0 bridgehead atoms. The summed E-state index contributed by atoms with van der Waals surface area (Å²) in [7, 11) is 0. The maximum atomic E-state index is 5.78. The Balaban J connectivity index is 2.53. The second kappa shape index (κ2) is 3.63. The van der Waals surface area contributed by atoms with E-state index >= 15 is 0 Å². The summed E-state index contributed by atoms with van der Waals surface area (Å²) in [5, 5.41) is 0. The molecule has 0 aliphatic heterocycles. The molecule has 4 nitrogen and oxygen atoms in total. The molecule has 0 aliphatic carbocycles. The van der Waals surface area contributed by atoms with Crippen LogP contribution < -0.4 is 5.73 Å². The Labute approximate surface area is 94.5 Å². The van der Waals surface area contributed by atoms with E-state index in [1.165, 1.54) is 0 Å². The van der Waals surface area contributed by atoms with Crippen LogP contribution in [-0.4, -0.2) is 9.97 Å². The van der Waals surface area contributed by atoms with E-state index in [2.05, 4.69) is 30.7 Å². The summed E-state index contributed by atoms with van der Waals surface area (Å²) < 4.78 is 5.01. The molecule has 0 amide bonds. The lowest BCUT2D eigenvalue weighted by molar-refractivity contribution is 0.564. The number of nitrogens with two attached hydrogens (primary N) is 1. The van der Waals surface area contributed by atoms with Crippen LogP contribution in [0.3, 0.4) is 0 Å². The maximum absolute atomic E-state index is 5.78. The van der Waals surface area contributed by atoms with Crippen molar-refractivity contribution in [2.24, 2.45) is 0 Å². The molecule has 0 unspecified atom stereocenters. The van der Waals surface area contributed by atoms with Crippen molar-refractivity contribution < 1.29 is 4.42 Å². The van der Waals surface area contributed by atoms with Crippen LogP contribution in [0.25, 0.3) is 11.4 Å². The van der Waals surface area contributed by atoms with Gasteiger partial charge in [-0.15, -0.1) is 0 Å². The van der Waals surface area contributed by atoms with E-state index in [4.69, 9.17) is 10.2 Å². The summed E-state index contributed by atoms with van der Waals surface area (Å²) >= 11 is 0. The molecule has 0 spiro atoms. The first kappa shape index (κ1) is 10.7. The smallest absolute Gasteiger partial charge is 0.165 e. The van der Waals surface area contributed by atoms with Crippen LogP contribution in [0.1, 0.15) is 26.5 Å².